The summed E-state index contributed by atoms with van der Waals surface area (Å²) in [7, 11) is 0. The Hall–Kier alpha value is -3.87. The van der Waals surface area contributed by atoms with E-state index in [1.165, 1.54) is 4.68 Å². The minimum absolute atomic E-state index is 0.192. The Morgan fingerprint density at radius 2 is 1.63 bits per heavy atom. The average molecular weight is 399 g/mol. The molecule has 7 heteroatoms. The summed E-state index contributed by atoms with van der Waals surface area (Å²) in [6, 6.07) is 16.1. The van der Waals surface area contributed by atoms with Crippen LogP contribution in [0.1, 0.15) is 24.3 Å². The lowest BCUT2D eigenvalue weighted by atomic mass is 10.1. The van der Waals surface area contributed by atoms with Gasteiger partial charge in [-0.2, -0.15) is 5.10 Å². The highest BCUT2D eigenvalue weighted by Gasteiger charge is 2.17. The van der Waals surface area contributed by atoms with E-state index in [0.717, 1.165) is 5.56 Å². The van der Waals surface area contributed by atoms with Gasteiger partial charge in [0.2, 0.25) is 0 Å². The number of carbonyl (C=O) groups is 1. The van der Waals surface area contributed by atoms with Crippen LogP contribution in [0.25, 0.3) is 22.2 Å². The summed E-state index contributed by atoms with van der Waals surface area (Å²) in [6.07, 6.45) is 3.36. The molecule has 2 aromatic heterocycles. The molecular weight excluding hydrogens is 378 g/mol. The SMILES string of the molecule is CC(C)Cn1nc(C(=O)Nc2ccc(-c3ncccn3)cc2)c2ccccc2c1=O. The van der Waals surface area contributed by atoms with E-state index in [2.05, 4.69) is 20.4 Å². The maximum atomic E-state index is 13.0. The smallest absolute Gasteiger partial charge is 0.276 e. The van der Waals surface area contributed by atoms with E-state index >= 15 is 0 Å². The number of nitrogens with zero attached hydrogens (tertiary/aromatic N) is 4. The third kappa shape index (κ3) is 3.96. The van der Waals surface area contributed by atoms with Gasteiger partial charge in [-0.15, -0.1) is 0 Å². The topological polar surface area (TPSA) is 89.8 Å². The van der Waals surface area contributed by atoms with Gasteiger partial charge < -0.3 is 5.32 Å². The molecule has 0 atom stereocenters. The monoisotopic (exact) mass is 399 g/mol. The molecule has 4 rings (SSSR count). The van der Waals surface area contributed by atoms with E-state index in [1.807, 2.05) is 26.0 Å². The van der Waals surface area contributed by atoms with Crippen LogP contribution in [-0.4, -0.2) is 25.7 Å². The summed E-state index contributed by atoms with van der Waals surface area (Å²) >= 11 is 0. The summed E-state index contributed by atoms with van der Waals surface area (Å²) in [5.41, 5.74) is 1.50. The first kappa shape index (κ1) is 19.4. The number of carbonyl (C=O) groups excluding carboxylic acids is 1. The van der Waals surface area contributed by atoms with Gasteiger partial charge in [0, 0.05) is 35.6 Å². The standard InChI is InChI=1S/C23H21N5O2/c1-15(2)14-28-23(30)19-7-4-3-6-18(19)20(27-28)22(29)26-17-10-8-16(9-11-17)21-24-12-5-13-25-21/h3-13,15H,14H2,1-2H3,(H,26,29). The molecule has 0 fully saturated rings. The quantitative estimate of drug-likeness (QED) is 0.552. The second kappa shape index (κ2) is 8.24. The van der Waals surface area contributed by atoms with Crippen molar-refractivity contribution in [3.05, 3.63) is 83.0 Å². The van der Waals surface area contributed by atoms with Gasteiger partial charge in [-0.25, -0.2) is 14.6 Å². The molecule has 0 bridgehead atoms. The third-order valence-electron chi connectivity index (χ3n) is 4.59. The van der Waals surface area contributed by atoms with Crippen molar-refractivity contribution in [3.63, 3.8) is 0 Å². The molecule has 0 radical (unpaired) electrons. The number of hydrogen-bond donors (Lipinski definition) is 1. The Balaban J connectivity index is 1.66. The molecule has 1 amide bonds. The molecule has 0 unspecified atom stereocenters. The highest BCUT2D eigenvalue weighted by Crippen LogP contribution is 2.19. The number of hydrogen-bond acceptors (Lipinski definition) is 5. The molecule has 4 aromatic rings. The van der Waals surface area contributed by atoms with Gasteiger partial charge in [0.1, 0.15) is 0 Å². The van der Waals surface area contributed by atoms with Gasteiger partial charge in [-0.05, 0) is 42.3 Å². The molecule has 7 nitrogen and oxygen atoms in total. The lowest BCUT2D eigenvalue weighted by Gasteiger charge is -2.13. The van der Waals surface area contributed by atoms with Gasteiger partial charge in [0.15, 0.2) is 11.5 Å². The fourth-order valence-corrected chi connectivity index (χ4v) is 3.21. The number of fused-ring (bicyclic) bond motifs is 1. The normalized spacial score (nSPS) is 11.0. The molecule has 0 saturated carbocycles. The second-order valence-corrected chi connectivity index (χ2v) is 7.38. The first-order chi connectivity index (χ1) is 14.5. The van der Waals surface area contributed by atoms with Crippen LogP contribution >= 0.6 is 0 Å². The van der Waals surface area contributed by atoms with Crippen LogP contribution in [0.5, 0.6) is 0 Å². The Morgan fingerprint density at radius 1 is 0.967 bits per heavy atom. The molecule has 0 aliphatic heterocycles. The zero-order chi connectivity index (χ0) is 21.1. The fourth-order valence-electron chi connectivity index (χ4n) is 3.21. The van der Waals surface area contributed by atoms with E-state index in [9.17, 15) is 9.59 Å². The summed E-state index contributed by atoms with van der Waals surface area (Å²) in [6.45, 7) is 4.44. The number of nitrogens with one attached hydrogen (secondary N) is 1. The van der Waals surface area contributed by atoms with Crippen molar-refractivity contribution in [1.82, 2.24) is 19.7 Å². The van der Waals surface area contributed by atoms with Crippen LogP contribution in [0.3, 0.4) is 0 Å². The number of rotatable bonds is 5. The van der Waals surface area contributed by atoms with Crippen LogP contribution in [0.4, 0.5) is 5.69 Å². The first-order valence-electron chi connectivity index (χ1n) is 9.71. The van der Waals surface area contributed by atoms with Gasteiger partial charge >= 0.3 is 0 Å². The Kier molecular flexibility index (Phi) is 5.34. The van der Waals surface area contributed by atoms with E-state index in [4.69, 9.17) is 0 Å². The van der Waals surface area contributed by atoms with E-state index < -0.39 is 0 Å². The molecule has 0 saturated heterocycles. The van der Waals surface area contributed by atoms with Gasteiger partial charge in [-0.1, -0.05) is 32.0 Å². The number of benzene rings is 2. The Morgan fingerprint density at radius 3 is 2.30 bits per heavy atom. The number of amides is 1. The van der Waals surface area contributed by atoms with Crippen molar-refractivity contribution >= 4 is 22.4 Å². The zero-order valence-electron chi connectivity index (χ0n) is 16.7. The molecule has 0 spiro atoms. The molecule has 2 aromatic carbocycles. The molecular formula is C23H21N5O2. The Bertz CT molecular complexity index is 1250. The van der Waals surface area contributed by atoms with E-state index in [1.54, 1.807) is 54.9 Å². The molecule has 0 aliphatic rings. The predicted octanol–water partition coefficient (Wildman–Crippen LogP) is 3.76. The lowest BCUT2D eigenvalue weighted by Crippen LogP contribution is -2.29. The van der Waals surface area contributed by atoms with Crippen molar-refractivity contribution in [2.75, 3.05) is 5.32 Å². The predicted molar refractivity (Wildman–Crippen MR) is 116 cm³/mol. The molecule has 0 aliphatic carbocycles. The summed E-state index contributed by atoms with van der Waals surface area (Å²) in [5.74, 6) is 0.469. The van der Waals surface area contributed by atoms with Gasteiger partial charge in [0.25, 0.3) is 11.5 Å². The van der Waals surface area contributed by atoms with Crippen molar-refractivity contribution in [2.45, 2.75) is 20.4 Å². The minimum Gasteiger partial charge on any atom is -0.321 e. The van der Waals surface area contributed by atoms with Gasteiger partial charge in [-0.3, -0.25) is 9.59 Å². The summed E-state index contributed by atoms with van der Waals surface area (Å²) in [5, 5.41) is 8.26. The first-order valence-corrected chi connectivity index (χ1v) is 9.71. The average Bonchev–Trinajstić information content (AvgIpc) is 2.76. The summed E-state index contributed by atoms with van der Waals surface area (Å²) in [4.78, 5) is 34.2. The van der Waals surface area contributed by atoms with Crippen molar-refractivity contribution < 1.29 is 4.79 Å². The van der Waals surface area contributed by atoms with E-state index in [0.29, 0.717) is 28.8 Å². The number of anilines is 1. The van der Waals surface area contributed by atoms with Crippen LogP contribution in [0.2, 0.25) is 0 Å². The number of aromatic nitrogens is 4. The van der Waals surface area contributed by atoms with E-state index in [-0.39, 0.29) is 23.1 Å². The highest BCUT2D eigenvalue weighted by atomic mass is 16.2. The maximum absolute atomic E-state index is 13.0. The molecule has 2 heterocycles. The molecule has 30 heavy (non-hydrogen) atoms. The van der Waals surface area contributed by atoms with Crippen molar-refractivity contribution in [1.29, 1.82) is 0 Å². The molecule has 150 valence electrons. The second-order valence-electron chi connectivity index (χ2n) is 7.38. The van der Waals surface area contributed by atoms with Crippen LogP contribution in [0.15, 0.2) is 71.8 Å². The minimum atomic E-state index is -0.368. The van der Waals surface area contributed by atoms with Crippen molar-refractivity contribution in [3.8, 4) is 11.4 Å². The summed E-state index contributed by atoms with van der Waals surface area (Å²) < 4.78 is 1.37. The lowest BCUT2D eigenvalue weighted by molar-refractivity contribution is 0.102. The molecule has 1 N–H and O–H groups in total. The highest BCUT2D eigenvalue weighted by molar-refractivity contribution is 6.11. The van der Waals surface area contributed by atoms with Gasteiger partial charge in [0.05, 0.1) is 5.39 Å². The maximum Gasteiger partial charge on any atom is 0.276 e. The largest absolute Gasteiger partial charge is 0.321 e. The Labute approximate surface area is 173 Å². The van der Waals surface area contributed by atoms with Crippen LogP contribution < -0.4 is 10.9 Å². The fraction of sp³-hybridized carbons (Fsp3) is 0.174. The van der Waals surface area contributed by atoms with Crippen LogP contribution in [-0.2, 0) is 6.54 Å². The zero-order valence-corrected chi connectivity index (χ0v) is 16.7. The third-order valence-corrected chi connectivity index (χ3v) is 4.59. The van der Waals surface area contributed by atoms with Crippen molar-refractivity contribution in [2.24, 2.45) is 5.92 Å². The van der Waals surface area contributed by atoms with Crippen LogP contribution in [0, 0.1) is 5.92 Å².